The largest absolute Gasteiger partial charge is 0.349 e. The highest BCUT2D eigenvalue weighted by Crippen LogP contribution is 2.50. The first-order valence-electron chi connectivity index (χ1n) is 6.43. The molecule has 1 heterocycles. The molecule has 1 amide bonds. The maximum Gasteiger partial charge on any atom is 0.225 e. The molecular formula is C12H22N2O3S. The molecule has 2 atom stereocenters. The van der Waals surface area contributed by atoms with Crippen molar-refractivity contribution < 1.29 is 13.2 Å². The molecule has 0 radical (unpaired) electrons. The van der Waals surface area contributed by atoms with Crippen LogP contribution in [0.5, 0.6) is 0 Å². The van der Waals surface area contributed by atoms with Gasteiger partial charge in [-0.2, -0.15) is 0 Å². The molecule has 1 saturated heterocycles. The van der Waals surface area contributed by atoms with Crippen molar-refractivity contribution in [2.75, 3.05) is 33.4 Å². The number of hydrogen-bond acceptors (Lipinski definition) is 3. The van der Waals surface area contributed by atoms with Crippen LogP contribution in [0, 0.1) is 11.3 Å². The van der Waals surface area contributed by atoms with Gasteiger partial charge in [-0.25, -0.2) is 12.7 Å². The highest BCUT2D eigenvalue weighted by Gasteiger charge is 2.52. The lowest BCUT2D eigenvalue weighted by atomic mass is 9.76. The van der Waals surface area contributed by atoms with Crippen molar-refractivity contribution in [1.82, 2.24) is 9.21 Å². The molecule has 0 aromatic heterocycles. The van der Waals surface area contributed by atoms with Gasteiger partial charge in [0.25, 0.3) is 0 Å². The summed E-state index contributed by atoms with van der Waals surface area (Å²) in [4.78, 5) is 13.9. The summed E-state index contributed by atoms with van der Waals surface area (Å²) >= 11 is 0. The number of carbonyl (C=O) groups excluding carboxylic acids is 1. The Labute approximate surface area is 109 Å². The van der Waals surface area contributed by atoms with Gasteiger partial charge in [0.05, 0.1) is 6.26 Å². The van der Waals surface area contributed by atoms with Crippen LogP contribution in [0.1, 0.15) is 25.7 Å². The van der Waals surface area contributed by atoms with Crippen LogP contribution in [0.3, 0.4) is 0 Å². The van der Waals surface area contributed by atoms with Gasteiger partial charge in [-0.15, -0.1) is 0 Å². The van der Waals surface area contributed by atoms with Gasteiger partial charge in [0.1, 0.15) is 0 Å². The first kappa shape index (κ1) is 13.8. The van der Waals surface area contributed by atoms with Gasteiger partial charge in [0.2, 0.25) is 15.9 Å². The fraction of sp³-hybridized carbons (Fsp3) is 0.917. The number of amides is 1. The SMILES string of the molecule is CN(C)C(=O)[C@@H]1CCC[C@@]12CCN(S(C)(=O)=O)C2. The van der Waals surface area contributed by atoms with Crippen molar-refractivity contribution in [2.45, 2.75) is 25.7 Å². The first-order valence-corrected chi connectivity index (χ1v) is 8.27. The topological polar surface area (TPSA) is 57.7 Å². The second-order valence-electron chi connectivity index (χ2n) is 5.89. The maximum absolute atomic E-state index is 12.2. The van der Waals surface area contributed by atoms with E-state index in [1.54, 1.807) is 19.0 Å². The zero-order valence-corrected chi connectivity index (χ0v) is 12.2. The lowest BCUT2D eigenvalue weighted by Gasteiger charge is -2.31. The van der Waals surface area contributed by atoms with Crippen molar-refractivity contribution in [3.8, 4) is 0 Å². The third-order valence-corrected chi connectivity index (χ3v) is 5.71. The summed E-state index contributed by atoms with van der Waals surface area (Å²) in [5, 5.41) is 0. The Kier molecular flexibility index (Phi) is 3.44. The predicted octanol–water partition coefficient (Wildman–Crippen LogP) is 0.526. The molecular weight excluding hydrogens is 252 g/mol. The second kappa shape index (κ2) is 4.49. The number of rotatable bonds is 2. The van der Waals surface area contributed by atoms with Crippen LogP contribution in [0.15, 0.2) is 0 Å². The average Bonchev–Trinajstić information content (AvgIpc) is 2.85. The summed E-state index contributed by atoms with van der Waals surface area (Å²) in [6.45, 7) is 1.09. The minimum Gasteiger partial charge on any atom is -0.349 e. The molecule has 1 aliphatic carbocycles. The molecule has 5 nitrogen and oxygen atoms in total. The first-order chi connectivity index (χ1) is 8.26. The predicted molar refractivity (Wildman–Crippen MR) is 69.5 cm³/mol. The minimum atomic E-state index is -3.13. The van der Waals surface area contributed by atoms with Crippen molar-refractivity contribution in [3.63, 3.8) is 0 Å². The number of hydrogen-bond donors (Lipinski definition) is 0. The van der Waals surface area contributed by atoms with Crippen molar-refractivity contribution >= 4 is 15.9 Å². The molecule has 104 valence electrons. The molecule has 6 heteroatoms. The van der Waals surface area contributed by atoms with E-state index in [2.05, 4.69) is 0 Å². The normalized spacial score (nSPS) is 33.2. The van der Waals surface area contributed by atoms with E-state index in [1.165, 1.54) is 10.6 Å². The van der Waals surface area contributed by atoms with Crippen LogP contribution in [-0.2, 0) is 14.8 Å². The van der Waals surface area contributed by atoms with Crippen LogP contribution in [0.4, 0.5) is 0 Å². The fourth-order valence-corrected chi connectivity index (χ4v) is 4.38. The smallest absolute Gasteiger partial charge is 0.225 e. The Bertz CT molecular complexity index is 446. The van der Waals surface area contributed by atoms with E-state index in [0.29, 0.717) is 13.1 Å². The molecule has 1 aliphatic heterocycles. The quantitative estimate of drug-likeness (QED) is 0.738. The fourth-order valence-electron chi connectivity index (χ4n) is 3.46. The molecule has 0 unspecified atom stereocenters. The summed E-state index contributed by atoms with van der Waals surface area (Å²) in [5.74, 6) is 0.155. The van der Waals surface area contributed by atoms with E-state index in [-0.39, 0.29) is 17.2 Å². The van der Waals surface area contributed by atoms with Gasteiger partial charge < -0.3 is 4.90 Å². The molecule has 1 saturated carbocycles. The Balaban J connectivity index is 2.20. The van der Waals surface area contributed by atoms with Gasteiger partial charge in [0, 0.05) is 33.1 Å². The Morgan fingerprint density at radius 1 is 1.33 bits per heavy atom. The summed E-state index contributed by atoms with van der Waals surface area (Å²) in [5.41, 5.74) is -0.107. The summed E-state index contributed by atoms with van der Waals surface area (Å²) < 4.78 is 24.8. The van der Waals surface area contributed by atoms with Gasteiger partial charge in [-0.1, -0.05) is 6.42 Å². The number of carbonyl (C=O) groups is 1. The number of sulfonamides is 1. The molecule has 0 bridgehead atoms. The molecule has 18 heavy (non-hydrogen) atoms. The van der Waals surface area contributed by atoms with Gasteiger partial charge >= 0.3 is 0 Å². The van der Waals surface area contributed by atoms with Gasteiger partial charge in [-0.05, 0) is 24.7 Å². The Hall–Kier alpha value is -0.620. The second-order valence-corrected chi connectivity index (χ2v) is 7.87. The standard InChI is InChI=1S/C12H22N2O3S/c1-13(2)11(15)10-5-4-6-12(10)7-8-14(9-12)18(3,16)17/h10H,4-9H2,1-3H3/t10-,12-/m0/s1. The van der Waals surface area contributed by atoms with E-state index in [4.69, 9.17) is 0 Å². The van der Waals surface area contributed by atoms with Crippen molar-refractivity contribution in [3.05, 3.63) is 0 Å². The minimum absolute atomic E-state index is 0.000694. The molecule has 0 N–H and O–H groups in total. The van der Waals surface area contributed by atoms with Crippen LogP contribution < -0.4 is 0 Å². The maximum atomic E-state index is 12.2. The zero-order valence-electron chi connectivity index (χ0n) is 11.3. The van der Waals surface area contributed by atoms with Crippen LogP contribution in [0.2, 0.25) is 0 Å². The van der Waals surface area contributed by atoms with Crippen LogP contribution >= 0.6 is 0 Å². The monoisotopic (exact) mass is 274 g/mol. The zero-order chi connectivity index (χ0) is 13.6. The lowest BCUT2D eigenvalue weighted by molar-refractivity contribution is -0.136. The Morgan fingerprint density at radius 2 is 2.00 bits per heavy atom. The summed E-state index contributed by atoms with van der Waals surface area (Å²) in [7, 11) is 0.424. The average molecular weight is 274 g/mol. The third kappa shape index (κ3) is 2.28. The third-order valence-electron chi connectivity index (χ3n) is 4.46. The lowest BCUT2D eigenvalue weighted by Crippen LogP contribution is -2.40. The summed E-state index contributed by atoms with van der Waals surface area (Å²) in [6, 6.07) is 0. The van der Waals surface area contributed by atoms with Gasteiger partial charge in [-0.3, -0.25) is 4.79 Å². The van der Waals surface area contributed by atoms with E-state index < -0.39 is 10.0 Å². The highest BCUT2D eigenvalue weighted by molar-refractivity contribution is 7.88. The molecule has 2 aliphatic rings. The molecule has 0 aromatic carbocycles. The highest BCUT2D eigenvalue weighted by atomic mass is 32.2. The van der Waals surface area contributed by atoms with Crippen LogP contribution in [-0.4, -0.2) is 57.0 Å². The van der Waals surface area contributed by atoms with Gasteiger partial charge in [0.15, 0.2) is 0 Å². The van der Waals surface area contributed by atoms with E-state index in [9.17, 15) is 13.2 Å². The summed E-state index contributed by atoms with van der Waals surface area (Å²) in [6.07, 6.45) is 4.98. The molecule has 1 spiro atoms. The van der Waals surface area contributed by atoms with E-state index in [1.807, 2.05) is 0 Å². The molecule has 2 fully saturated rings. The van der Waals surface area contributed by atoms with E-state index in [0.717, 1.165) is 25.7 Å². The Morgan fingerprint density at radius 3 is 2.50 bits per heavy atom. The molecule has 2 rings (SSSR count). The van der Waals surface area contributed by atoms with Crippen molar-refractivity contribution in [2.24, 2.45) is 11.3 Å². The van der Waals surface area contributed by atoms with Crippen LogP contribution in [0.25, 0.3) is 0 Å². The molecule has 0 aromatic rings. The van der Waals surface area contributed by atoms with E-state index >= 15 is 0 Å². The number of nitrogens with zero attached hydrogens (tertiary/aromatic N) is 2. The van der Waals surface area contributed by atoms with Crippen molar-refractivity contribution in [1.29, 1.82) is 0 Å².